The molecule has 0 spiro atoms. The standard InChI is InChI=1S/C25H40N4O3/c1-19-23(20(2)27-26-19)17-28(3)15-21-10-11-24(25(14-21)31-4)32-18-22(30)16-29-12-8-6-5-7-9-13-29/h10-11,14,22,30H,5-9,12-13,15-18H2,1-4H3,(H,26,27)/t22-/m0/s1. The van der Waals surface area contributed by atoms with Crippen molar-refractivity contribution in [2.75, 3.05) is 40.4 Å². The molecule has 0 bridgehead atoms. The fraction of sp³-hybridized carbons (Fsp3) is 0.640. The Morgan fingerprint density at radius 1 is 1.09 bits per heavy atom. The van der Waals surface area contributed by atoms with E-state index in [1.54, 1.807) is 7.11 Å². The number of aliphatic hydroxyl groups excluding tert-OH is 1. The lowest BCUT2D eigenvalue weighted by molar-refractivity contribution is 0.0645. The Bertz CT molecular complexity index is 811. The molecule has 0 radical (unpaired) electrons. The highest BCUT2D eigenvalue weighted by Crippen LogP contribution is 2.29. The van der Waals surface area contributed by atoms with E-state index >= 15 is 0 Å². The molecule has 178 valence electrons. The van der Waals surface area contributed by atoms with E-state index in [0.717, 1.165) is 43.1 Å². The lowest BCUT2D eigenvalue weighted by Crippen LogP contribution is -2.37. The van der Waals surface area contributed by atoms with E-state index in [2.05, 4.69) is 40.0 Å². The van der Waals surface area contributed by atoms with Crippen LogP contribution in [0.4, 0.5) is 0 Å². The summed E-state index contributed by atoms with van der Waals surface area (Å²) < 4.78 is 11.5. The van der Waals surface area contributed by atoms with Gasteiger partial charge in [-0.05, 0) is 64.5 Å². The average molecular weight is 445 g/mol. The molecule has 2 N–H and O–H groups in total. The number of benzene rings is 1. The molecule has 1 aromatic carbocycles. The molecule has 1 fully saturated rings. The maximum absolute atomic E-state index is 10.5. The number of hydrogen-bond donors (Lipinski definition) is 2. The van der Waals surface area contributed by atoms with Gasteiger partial charge in [0.05, 0.1) is 12.8 Å². The molecule has 0 saturated carbocycles. The predicted octanol–water partition coefficient (Wildman–Crippen LogP) is 3.67. The number of aryl methyl sites for hydroxylation is 2. The van der Waals surface area contributed by atoms with E-state index in [1.807, 2.05) is 19.1 Å². The molecule has 2 heterocycles. The number of β-amino-alcohol motifs (C(OH)–C–C–N with tert-alkyl or cyclic N) is 1. The Morgan fingerprint density at radius 3 is 2.47 bits per heavy atom. The fourth-order valence-corrected chi connectivity index (χ4v) is 4.41. The molecular weight excluding hydrogens is 404 g/mol. The van der Waals surface area contributed by atoms with Crippen LogP contribution in [-0.4, -0.2) is 71.6 Å². The number of ether oxygens (including phenoxy) is 2. The summed E-state index contributed by atoms with van der Waals surface area (Å²) in [5.41, 5.74) is 4.56. The van der Waals surface area contributed by atoms with Crippen LogP contribution in [0.15, 0.2) is 18.2 Å². The van der Waals surface area contributed by atoms with Crippen molar-refractivity contribution in [2.45, 2.75) is 65.1 Å². The number of hydrogen-bond acceptors (Lipinski definition) is 6. The minimum atomic E-state index is -0.508. The first-order chi connectivity index (χ1) is 15.5. The van der Waals surface area contributed by atoms with Gasteiger partial charge in [-0.15, -0.1) is 0 Å². The number of nitrogens with one attached hydrogen (secondary N) is 1. The number of aliphatic hydroxyl groups is 1. The third kappa shape index (κ3) is 7.22. The van der Waals surface area contributed by atoms with Gasteiger partial charge in [0.25, 0.3) is 0 Å². The van der Waals surface area contributed by atoms with Gasteiger partial charge in [0.2, 0.25) is 0 Å². The molecule has 0 amide bonds. The number of nitrogens with zero attached hydrogens (tertiary/aromatic N) is 3. The molecule has 1 aliphatic heterocycles. The van der Waals surface area contributed by atoms with E-state index in [9.17, 15) is 5.11 Å². The molecule has 1 atom stereocenters. The predicted molar refractivity (Wildman–Crippen MR) is 127 cm³/mol. The van der Waals surface area contributed by atoms with Crippen molar-refractivity contribution in [1.82, 2.24) is 20.0 Å². The summed E-state index contributed by atoms with van der Waals surface area (Å²) in [7, 11) is 3.76. The minimum Gasteiger partial charge on any atom is -0.493 e. The summed E-state index contributed by atoms with van der Waals surface area (Å²) in [6.45, 7) is 8.78. The molecule has 2 aromatic rings. The molecular formula is C25H40N4O3. The van der Waals surface area contributed by atoms with Gasteiger partial charge in [-0.2, -0.15) is 5.10 Å². The SMILES string of the molecule is COc1cc(CN(C)Cc2c(C)n[nH]c2C)ccc1OC[C@@H](O)CN1CCCCCCC1. The van der Waals surface area contributed by atoms with Crippen LogP contribution in [-0.2, 0) is 13.1 Å². The Labute approximate surface area is 192 Å². The van der Waals surface area contributed by atoms with Crippen LogP contribution in [0.3, 0.4) is 0 Å². The van der Waals surface area contributed by atoms with Crippen LogP contribution in [0.25, 0.3) is 0 Å². The van der Waals surface area contributed by atoms with E-state index < -0.39 is 6.10 Å². The van der Waals surface area contributed by atoms with Crippen LogP contribution in [0, 0.1) is 13.8 Å². The molecule has 0 aliphatic carbocycles. The topological polar surface area (TPSA) is 73.8 Å². The highest BCUT2D eigenvalue weighted by Gasteiger charge is 2.16. The molecule has 1 aliphatic rings. The lowest BCUT2D eigenvalue weighted by Gasteiger charge is -2.26. The number of rotatable bonds is 10. The van der Waals surface area contributed by atoms with Gasteiger partial charge in [0.1, 0.15) is 12.7 Å². The molecule has 32 heavy (non-hydrogen) atoms. The second kappa shape index (κ2) is 12.2. The minimum absolute atomic E-state index is 0.269. The number of likely N-dealkylation sites (tertiary alicyclic amines) is 1. The molecule has 7 nitrogen and oxygen atoms in total. The summed E-state index contributed by atoms with van der Waals surface area (Å²) in [6, 6.07) is 6.03. The van der Waals surface area contributed by atoms with Crippen molar-refractivity contribution in [2.24, 2.45) is 0 Å². The van der Waals surface area contributed by atoms with Gasteiger partial charge in [-0.3, -0.25) is 10.00 Å². The first-order valence-electron chi connectivity index (χ1n) is 11.9. The van der Waals surface area contributed by atoms with Gasteiger partial charge in [0, 0.05) is 30.9 Å². The largest absolute Gasteiger partial charge is 0.493 e. The second-order valence-electron chi connectivity index (χ2n) is 9.10. The van der Waals surface area contributed by atoms with E-state index in [1.165, 1.54) is 37.7 Å². The van der Waals surface area contributed by atoms with Crippen molar-refractivity contribution in [3.8, 4) is 11.5 Å². The maximum Gasteiger partial charge on any atom is 0.161 e. The van der Waals surface area contributed by atoms with Crippen molar-refractivity contribution in [3.63, 3.8) is 0 Å². The summed E-state index contributed by atoms with van der Waals surface area (Å²) in [4.78, 5) is 4.63. The van der Waals surface area contributed by atoms with Crippen LogP contribution < -0.4 is 9.47 Å². The number of aromatic amines is 1. The van der Waals surface area contributed by atoms with Crippen LogP contribution >= 0.6 is 0 Å². The van der Waals surface area contributed by atoms with Gasteiger partial charge in [-0.1, -0.05) is 25.3 Å². The average Bonchev–Trinajstić information content (AvgIpc) is 3.06. The number of aromatic nitrogens is 2. The van der Waals surface area contributed by atoms with Gasteiger partial charge in [0.15, 0.2) is 11.5 Å². The third-order valence-electron chi connectivity index (χ3n) is 6.24. The van der Waals surface area contributed by atoms with Gasteiger partial charge in [-0.25, -0.2) is 0 Å². The van der Waals surface area contributed by atoms with Crippen LogP contribution in [0.5, 0.6) is 11.5 Å². The van der Waals surface area contributed by atoms with Gasteiger partial charge < -0.3 is 19.5 Å². The second-order valence-corrected chi connectivity index (χ2v) is 9.10. The van der Waals surface area contributed by atoms with Crippen molar-refractivity contribution in [1.29, 1.82) is 0 Å². The highest BCUT2D eigenvalue weighted by molar-refractivity contribution is 5.43. The highest BCUT2D eigenvalue weighted by atomic mass is 16.5. The number of methoxy groups -OCH3 is 1. The van der Waals surface area contributed by atoms with Crippen molar-refractivity contribution < 1.29 is 14.6 Å². The van der Waals surface area contributed by atoms with Crippen molar-refractivity contribution in [3.05, 3.63) is 40.7 Å². The summed E-state index contributed by atoms with van der Waals surface area (Å²) in [5.74, 6) is 1.37. The van der Waals surface area contributed by atoms with Crippen LogP contribution in [0.2, 0.25) is 0 Å². The Hall–Kier alpha value is -2.09. The van der Waals surface area contributed by atoms with Crippen LogP contribution in [0.1, 0.15) is 54.6 Å². The van der Waals surface area contributed by atoms with Gasteiger partial charge >= 0.3 is 0 Å². The Morgan fingerprint density at radius 2 is 1.81 bits per heavy atom. The fourth-order valence-electron chi connectivity index (χ4n) is 4.41. The summed E-state index contributed by atoms with van der Waals surface area (Å²) in [5, 5.41) is 17.8. The zero-order valence-corrected chi connectivity index (χ0v) is 20.2. The van der Waals surface area contributed by atoms with Crippen molar-refractivity contribution >= 4 is 0 Å². The normalized spacial score (nSPS) is 16.6. The Kier molecular flexibility index (Phi) is 9.38. The monoisotopic (exact) mass is 444 g/mol. The number of H-pyrrole nitrogens is 1. The summed E-state index contributed by atoms with van der Waals surface area (Å²) in [6.07, 6.45) is 5.86. The lowest BCUT2D eigenvalue weighted by atomic mass is 10.1. The zero-order valence-electron chi connectivity index (χ0n) is 20.2. The van der Waals surface area contributed by atoms with E-state index in [-0.39, 0.29) is 6.61 Å². The van der Waals surface area contributed by atoms with E-state index in [4.69, 9.17) is 9.47 Å². The smallest absolute Gasteiger partial charge is 0.161 e. The first-order valence-corrected chi connectivity index (χ1v) is 11.9. The van der Waals surface area contributed by atoms with E-state index in [0.29, 0.717) is 18.0 Å². The third-order valence-corrected chi connectivity index (χ3v) is 6.24. The first kappa shape index (κ1) is 24.6. The maximum atomic E-state index is 10.5. The molecule has 1 saturated heterocycles. The molecule has 0 unspecified atom stereocenters. The Balaban J connectivity index is 1.51. The molecule has 7 heteroatoms. The molecule has 1 aromatic heterocycles. The summed E-state index contributed by atoms with van der Waals surface area (Å²) >= 11 is 0. The zero-order chi connectivity index (χ0) is 22.9. The quantitative estimate of drug-likeness (QED) is 0.582. The molecule has 3 rings (SSSR count).